The molecule has 3 unspecified atom stereocenters. The largest absolute Gasteiger partial charge is 0.489 e. The van der Waals surface area contributed by atoms with Crippen LogP contribution < -0.4 is 9.64 Å². The predicted octanol–water partition coefficient (Wildman–Crippen LogP) is 4.90. The third kappa shape index (κ3) is 3.69. The Balaban J connectivity index is 1.34. The molecule has 0 bridgehead atoms. The zero-order chi connectivity index (χ0) is 23.4. The van der Waals surface area contributed by atoms with Gasteiger partial charge in [0.1, 0.15) is 5.75 Å². The summed E-state index contributed by atoms with van der Waals surface area (Å²) in [5, 5.41) is 4.82. The number of hydrogen-bond acceptors (Lipinski definition) is 5. The molecule has 4 aliphatic rings. The first-order chi connectivity index (χ1) is 16.5. The molecule has 2 saturated carbocycles. The summed E-state index contributed by atoms with van der Waals surface area (Å²) in [5.41, 5.74) is 4.24. The number of ether oxygens (including phenoxy) is 2. The maximum Gasteiger partial charge on any atom is 0.414 e. The van der Waals surface area contributed by atoms with Gasteiger partial charge in [0.25, 0.3) is 0 Å². The van der Waals surface area contributed by atoms with Crippen molar-refractivity contribution in [3.63, 3.8) is 0 Å². The highest BCUT2D eigenvalue weighted by Crippen LogP contribution is 2.46. The molecule has 2 aliphatic heterocycles. The molecule has 3 atom stereocenters. The summed E-state index contributed by atoms with van der Waals surface area (Å²) in [4.78, 5) is 16.8. The fourth-order valence-corrected chi connectivity index (χ4v) is 6.59. The Morgan fingerprint density at radius 1 is 1.12 bits per heavy atom. The van der Waals surface area contributed by atoms with Gasteiger partial charge in [0.15, 0.2) is 0 Å². The molecular weight excluding hydrogens is 428 g/mol. The number of nitrogens with zero attached hydrogens (tertiary/aromatic N) is 4. The van der Waals surface area contributed by atoms with Crippen molar-refractivity contribution in [2.45, 2.75) is 70.1 Å². The Labute approximate surface area is 202 Å². The third-order valence-corrected chi connectivity index (χ3v) is 8.65. The summed E-state index contributed by atoms with van der Waals surface area (Å²) in [7, 11) is 3.69. The van der Waals surface area contributed by atoms with Crippen molar-refractivity contribution in [2.24, 2.45) is 11.8 Å². The van der Waals surface area contributed by atoms with Crippen LogP contribution in [0.4, 0.5) is 10.5 Å². The van der Waals surface area contributed by atoms with Gasteiger partial charge in [-0.2, -0.15) is 5.10 Å². The highest BCUT2D eigenvalue weighted by Gasteiger charge is 2.41. The van der Waals surface area contributed by atoms with Crippen LogP contribution in [0.25, 0.3) is 11.1 Å². The molecule has 7 heteroatoms. The van der Waals surface area contributed by atoms with Crippen LogP contribution in [-0.2, 0) is 11.2 Å². The molecule has 3 heterocycles. The van der Waals surface area contributed by atoms with Gasteiger partial charge in [-0.1, -0.05) is 0 Å². The van der Waals surface area contributed by atoms with Crippen molar-refractivity contribution < 1.29 is 14.3 Å². The minimum Gasteiger partial charge on any atom is -0.489 e. The van der Waals surface area contributed by atoms with Gasteiger partial charge >= 0.3 is 6.09 Å². The lowest BCUT2D eigenvalue weighted by Gasteiger charge is -2.37. The molecule has 1 aromatic carbocycles. The lowest BCUT2D eigenvalue weighted by atomic mass is 9.91. The molecule has 1 amide bonds. The van der Waals surface area contributed by atoms with Crippen LogP contribution in [0.2, 0.25) is 0 Å². The molecule has 34 heavy (non-hydrogen) atoms. The fourth-order valence-electron chi connectivity index (χ4n) is 6.59. The molecule has 6 rings (SSSR count). The normalized spacial score (nSPS) is 29.0. The van der Waals surface area contributed by atoms with E-state index in [9.17, 15) is 4.79 Å². The number of carbonyl (C=O) groups excluding carboxylic acids is 1. The molecule has 2 aromatic rings. The molecule has 0 N–H and O–H groups in total. The lowest BCUT2D eigenvalue weighted by Crippen LogP contribution is -2.42. The Bertz CT molecular complexity index is 1060. The maximum absolute atomic E-state index is 12.6. The molecule has 0 spiro atoms. The highest BCUT2D eigenvalue weighted by molar-refractivity contribution is 5.92. The van der Waals surface area contributed by atoms with Crippen molar-refractivity contribution in [3.05, 3.63) is 30.1 Å². The van der Waals surface area contributed by atoms with Gasteiger partial charge in [0.2, 0.25) is 0 Å². The molecule has 1 aromatic heterocycles. The molecule has 2 aliphatic carbocycles. The van der Waals surface area contributed by atoms with E-state index in [1.54, 1.807) is 4.90 Å². The third-order valence-electron chi connectivity index (χ3n) is 8.65. The number of methoxy groups -OCH3 is 1. The van der Waals surface area contributed by atoms with Crippen molar-refractivity contribution in [1.29, 1.82) is 0 Å². The number of fused-ring (bicyclic) bond motifs is 2. The zero-order valence-electron chi connectivity index (χ0n) is 20.6. The van der Waals surface area contributed by atoms with Crippen LogP contribution in [0, 0.1) is 11.8 Å². The second-order valence-electron chi connectivity index (χ2n) is 10.9. The summed E-state index contributed by atoms with van der Waals surface area (Å²) < 4.78 is 13.9. The van der Waals surface area contributed by atoms with E-state index in [2.05, 4.69) is 41.9 Å². The maximum atomic E-state index is 12.6. The SMILES string of the molecule is COC(=O)N1c2ccc(-c3cnn(C4CC5CN(C)CC5C4)c3)c(OC3CCC3)c2CCC1C. The second kappa shape index (κ2) is 8.59. The van der Waals surface area contributed by atoms with E-state index in [-0.39, 0.29) is 18.2 Å². The van der Waals surface area contributed by atoms with Crippen molar-refractivity contribution >= 4 is 11.8 Å². The minimum atomic E-state index is -0.305. The predicted molar refractivity (Wildman–Crippen MR) is 131 cm³/mol. The first-order valence-electron chi connectivity index (χ1n) is 12.9. The summed E-state index contributed by atoms with van der Waals surface area (Å²) in [5.74, 6) is 2.54. The van der Waals surface area contributed by atoms with Gasteiger partial charge in [0.05, 0.1) is 31.1 Å². The summed E-state index contributed by atoms with van der Waals surface area (Å²) in [6, 6.07) is 4.77. The van der Waals surface area contributed by atoms with E-state index in [1.807, 2.05) is 6.20 Å². The number of carbonyl (C=O) groups is 1. The number of aromatic nitrogens is 2. The van der Waals surface area contributed by atoms with Gasteiger partial charge < -0.3 is 14.4 Å². The van der Waals surface area contributed by atoms with Crippen LogP contribution in [0.15, 0.2) is 24.5 Å². The average Bonchev–Trinajstić information content (AvgIpc) is 3.50. The van der Waals surface area contributed by atoms with Crippen molar-refractivity contribution in [1.82, 2.24) is 14.7 Å². The van der Waals surface area contributed by atoms with E-state index in [1.165, 1.54) is 39.5 Å². The topological polar surface area (TPSA) is 59.8 Å². The quantitative estimate of drug-likeness (QED) is 0.644. The van der Waals surface area contributed by atoms with Gasteiger partial charge in [-0.15, -0.1) is 0 Å². The van der Waals surface area contributed by atoms with E-state index in [4.69, 9.17) is 14.6 Å². The molecule has 3 fully saturated rings. The number of anilines is 1. The molecule has 7 nitrogen and oxygen atoms in total. The minimum absolute atomic E-state index is 0.103. The highest BCUT2D eigenvalue weighted by atomic mass is 16.5. The van der Waals surface area contributed by atoms with Gasteiger partial charge in [-0.3, -0.25) is 9.58 Å². The lowest BCUT2D eigenvalue weighted by molar-refractivity contribution is 0.119. The number of benzene rings is 1. The van der Waals surface area contributed by atoms with E-state index < -0.39 is 0 Å². The molecule has 1 saturated heterocycles. The summed E-state index contributed by atoms with van der Waals surface area (Å²) >= 11 is 0. The Kier molecular flexibility index (Phi) is 5.55. The summed E-state index contributed by atoms with van der Waals surface area (Å²) in [6.45, 7) is 4.52. The van der Waals surface area contributed by atoms with Crippen molar-refractivity contribution in [3.8, 4) is 16.9 Å². The number of likely N-dealkylation sites (tertiary alicyclic amines) is 1. The van der Waals surface area contributed by atoms with Crippen LogP contribution in [-0.4, -0.2) is 60.2 Å². The molecule has 0 radical (unpaired) electrons. The van der Waals surface area contributed by atoms with Gasteiger partial charge in [0, 0.05) is 42.0 Å². The number of hydrogen-bond donors (Lipinski definition) is 0. The van der Waals surface area contributed by atoms with Gasteiger partial charge in [-0.25, -0.2) is 4.79 Å². The monoisotopic (exact) mass is 464 g/mol. The van der Waals surface area contributed by atoms with E-state index in [0.717, 1.165) is 65.6 Å². The van der Waals surface area contributed by atoms with E-state index in [0.29, 0.717) is 6.04 Å². The Morgan fingerprint density at radius 2 is 1.88 bits per heavy atom. The van der Waals surface area contributed by atoms with Crippen LogP contribution >= 0.6 is 0 Å². The first-order valence-corrected chi connectivity index (χ1v) is 12.9. The number of rotatable bonds is 4. The number of amides is 1. The smallest absolute Gasteiger partial charge is 0.414 e. The van der Waals surface area contributed by atoms with Crippen LogP contribution in [0.5, 0.6) is 5.75 Å². The van der Waals surface area contributed by atoms with Crippen LogP contribution in [0.3, 0.4) is 0 Å². The second-order valence-corrected chi connectivity index (χ2v) is 10.9. The zero-order valence-corrected chi connectivity index (χ0v) is 20.6. The Hall–Kier alpha value is -2.54. The summed E-state index contributed by atoms with van der Waals surface area (Å²) in [6.07, 6.45) is 11.8. The molecule has 182 valence electrons. The standard InChI is InChI=1S/C27H36N4O3/c1-17-7-8-24-25(31(17)27(32)33-3)10-9-23(26(24)34-22-5-4-6-22)20-13-28-30(16-20)21-11-18-14-29(2)15-19(18)12-21/h9-10,13,16-19,21-22H,4-8,11-12,14-15H2,1-3H3. The molecular formula is C27H36N4O3. The first kappa shape index (κ1) is 22.0. The Morgan fingerprint density at radius 3 is 2.56 bits per heavy atom. The fraction of sp³-hybridized carbons (Fsp3) is 0.630. The van der Waals surface area contributed by atoms with Crippen LogP contribution in [0.1, 0.15) is 57.1 Å². The van der Waals surface area contributed by atoms with E-state index >= 15 is 0 Å². The van der Waals surface area contributed by atoms with Gasteiger partial charge in [-0.05, 0) is 82.9 Å². The average molecular weight is 465 g/mol. The van der Waals surface area contributed by atoms with Crippen molar-refractivity contribution in [2.75, 3.05) is 32.1 Å².